The Morgan fingerprint density at radius 3 is 2.50 bits per heavy atom. The molecular weight excluding hydrogens is 292 g/mol. The van der Waals surface area contributed by atoms with Crippen molar-refractivity contribution in [2.75, 3.05) is 0 Å². The zero-order valence-electron chi connectivity index (χ0n) is 12.7. The average molecular weight is 310 g/mol. The molecule has 1 aromatic heterocycles. The van der Waals surface area contributed by atoms with E-state index in [1.807, 2.05) is 49.4 Å². The molecule has 0 saturated heterocycles. The third-order valence-electron chi connectivity index (χ3n) is 3.69. The van der Waals surface area contributed by atoms with E-state index in [0.29, 0.717) is 11.9 Å². The van der Waals surface area contributed by atoms with Gasteiger partial charge in [0.15, 0.2) is 5.16 Å². The monoisotopic (exact) mass is 310 g/mol. The first-order valence-corrected chi connectivity index (χ1v) is 8.30. The van der Waals surface area contributed by atoms with Crippen molar-refractivity contribution in [3.8, 4) is 0 Å². The van der Waals surface area contributed by atoms with Gasteiger partial charge in [-0.3, -0.25) is 9.36 Å². The van der Waals surface area contributed by atoms with E-state index in [1.54, 1.807) is 16.3 Å². The highest BCUT2D eigenvalue weighted by atomic mass is 32.2. The van der Waals surface area contributed by atoms with Crippen LogP contribution in [-0.4, -0.2) is 9.55 Å². The summed E-state index contributed by atoms with van der Waals surface area (Å²) in [5.41, 5.74) is 2.04. The maximum absolute atomic E-state index is 12.6. The number of para-hydroxylation sites is 1. The molecule has 1 atom stereocenters. The molecule has 0 saturated carbocycles. The predicted molar refractivity (Wildman–Crippen MR) is 92.4 cm³/mol. The molecule has 4 heteroatoms. The summed E-state index contributed by atoms with van der Waals surface area (Å²) in [5, 5.41) is 1.70. The highest BCUT2D eigenvalue weighted by molar-refractivity contribution is 7.99. The van der Waals surface area contributed by atoms with Gasteiger partial charge in [-0.2, -0.15) is 0 Å². The van der Waals surface area contributed by atoms with E-state index >= 15 is 0 Å². The minimum absolute atomic E-state index is 0.0378. The predicted octanol–water partition coefficient (Wildman–Crippen LogP) is 4.27. The van der Waals surface area contributed by atoms with Crippen molar-refractivity contribution >= 4 is 22.7 Å². The van der Waals surface area contributed by atoms with Crippen molar-refractivity contribution < 1.29 is 0 Å². The number of aromatic nitrogens is 2. The van der Waals surface area contributed by atoms with E-state index in [1.165, 1.54) is 5.56 Å². The summed E-state index contributed by atoms with van der Waals surface area (Å²) < 4.78 is 1.76. The van der Waals surface area contributed by atoms with Crippen LogP contribution in [-0.2, 0) is 6.54 Å². The van der Waals surface area contributed by atoms with Crippen LogP contribution in [0.1, 0.15) is 24.7 Å². The molecule has 3 rings (SSSR count). The van der Waals surface area contributed by atoms with Gasteiger partial charge >= 0.3 is 0 Å². The Hall–Kier alpha value is -2.07. The van der Waals surface area contributed by atoms with Gasteiger partial charge in [0.05, 0.1) is 10.9 Å². The van der Waals surface area contributed by atoms with Crippen LogP contribution in [0.5, 0.6) is 0 Å². The highest BCUT2D eigenvalue weighted by Crippen LogP contribution is 2.33. The molecule has 0 unspecified atom stereocenters. The first-order valence-electron chi connectivity index (χ1n) is 7.42. The van der Waals surface area contributed by atoms with Gasteiger partial charge in [-0.05, 0) is 31.5 Å². The normalized spacial score (nSPS) is 12.5. The molecule has 2 aromatic carbocycles. The van der Waals surface area contributed by atoms with Crippen molar-refractivity contribution in [1.82, 2.24) is 9.55 Å². The van der Waals surface area contributed by atoms with Crippen LogP contribution in [0.15, 0.2) is 64.5 Å². The van der Waals surface area contributed by atoms with Gasteiger partial charge in [-0.25, -0.2) is 4.98 Å². The third-order valence-corrected chi connectivity index (χ3v) is 4.84. The third kappa shape index (κ3) is 2.79. The second kappa shape index (κ2) is 6.36. The summed E-state index contributed by atoms with van der Waals surface area (Å²) in [6.07, 6.45) is 0. The summed E-state index contributed by atoms with van der Waals surface area (Å²) in [5.74, 6) is 0. The molecule has 0 N–H and O–H groups in total. The molecule has 0 radical (unpaired) electrons. The van der Waals surface area contributed by atoms with E-state index < -0.39 is 0 Å². The molecule has 0 aliphatic rings. The van der Waals surface area contributed by atoms with Crippen LogP contribution < -0.4 is 5.56 Å². The Labute approximate surface area is 134 Å². The fourth-order valence-electron chi connectivity index (χ4n) is 2.47. The lowest BCUT2D eigenvalue weighted by atomic mass is 10.2. The van der Waals surface area contributed by atoms with Crippen LogP contribution in [0.25, 0.3) is 10.9 Å². The first kappa shape index (κ1) is 14.9. The van der Waals surface area contributed by atoms with Gasteiger partial charge in [-0.1, -0.05) is 54.2 Å². The van der Waals surface area contributed by atoms with E-state index in [9.17, 15) is 4.79 Å². The second-order valence-corrected chi connectivity index (χ2v) is 6.44. The van der Waals surface area contributed by atoms with E-state index in [2.05, 4.69) is 19.1 Å². The molecule has 22 heavy (non-hydrogen) atoms. The highest BCUT2D eigenvalue weighted by Gasteiger charge is 2.14. The van der Waals surface area contributed by atoms with Gasteiger partial charge in [0.2, 0.25) is 0 Å². The van der Waals surface area contributed by atoms with E-state index in [-0.39, 0.29) is 10.8 Å². The Kier molecular flexibility index (Phi) is 4.29. The zero-order chi connectivity index (χ0) is 15.5. The van der Waals surface area contributed by atoms with Crippen molar-refractivity contribution in [2.24, 2.45) is 0 Å². The van der Waals surface area contributed by atoms with E-state index in [0.717, 1.165) is 10.7 Å². The molecule has 0 aliphatic carbocycles. The average Bonchev–Trinajstić information content (AvgIpc) is 2.56. The van der Waals surface area contributed by atoms with Crippen molar-refractivity contribution in [2.45, 2.75) is 30.8 Å². The topological polar surface area (TPSA) is 34.9 Å². The van der Waals surface area contributed by atoms with Crippen LogP contribution in [0, 0.1) is 0 Å². The SMILES string of the molecule is CCn1c(S[C@@H](C)c2ccccc2)nc2ccccc2c1=O. The van der Waals surface area contributed by atoms with Gasteiger partial charge in [0.1, 0.15) is 0 Å². The van der Waals surface area contributed by atoms with Crippen LogP contribution >= 0.6 is 11.8 Å². The van der Waals surface area contributed by atoms with Gasteiger partial charge in [0, 0.05) is 11.8 Å². The number of rotatable bonds is 4. The minimum Gasteiger partial charge on any atom is -0.287 e. The number of nitrogens with zero attached hydrogens (tertiary/aromatic N) is 2. The molecule has 0 bridgehead atoms. The van der Waals surface area contributed by atoms with Crippen LogP contribution in [0.3, 0.4) is 0 Å². The number of hydrogen-bond donors (Lipinski definition) is 0. The Bertz CT molecular complexity index is 843. The molecule has 112 valence electrons. The molecule has 1 heterocycles. The number of benzene rings is 2. The Balaban J connectivity index is 2.05. The molecular formula is C18H18N2OS. The standard InChI is InChI=1S/C18H18N2OS/c1-3-20-17(21)15-11-7-8-12-16(15)19-18(20)22-13(2)14-9-5-4-6-10-14/h4-13H,3H2,1-2H3/t13-/m0/s1. The van der Waals surface area contributed by atoms with Gasteiger partial charge in [0.25, 0.3) is 5.56 Å². The number of fused-ring (bicyclic) bond motifs is 1. The Morgan fingerprint density at radius 1 is 1.09 bits per heavy atom. The summed E-state index contributed by atoms with van der Waals surface area (Å²) in [7, 11) is 0. The molecule has 0 spiro atoms. The maximum atomic E-state index is 12.6. The fourth-order valence-corrected chi connectivity index (χ4v) is 3.57. The summed E-state index contributed by atoms with van der Waals surface area (Å²) in [6.45, 7) is 4.75. The first-order chi connectivity index (χ1) is 10.7. The Morgan fingerprint density at radius 2 is 1.77 bits per heavy atom. The molecule has 3 nitrogen and oxygen atoms in total. The summed E-state index contributed by atoms with van der Waals surface area (Å²) in [6, 6.07) is 17.8. The molecule has 0 fully saturated rings. The summed E-state index contributed by atoms with van der Waals surface area (Å²) in [4.78, 5) is 17.3. The quantitative estimate of drug-likeness (QED) is 0.533. The smallest absolute Gasteiger partial charge is 0.262 e. The van der Waals surface area contributed by atoms with Crippen molar-refractivity contribution in [1.29, 1.82) is 0 Å². The largest absolute Gasteiger partial charge is 0.287 e. The molecule has 3 aromatic rings. The lowest BCUT2D eigenvalue weighted by Crippen LogP contribution is -2.22. The van der Waals surface area contributed by atoms with E-state index in [4.69, 9.17) is 4.98 Å². The van der Waals surface area contributed by atoms with Crippen LogP contribution in [0.2, 0.25) is 0 Å². The summed E-state index contributed by atoms with van der Waals surface area (Å²) >= 11 is 1.63. The lowest BCUT2D eigenvalue weighted by molar-refractivity contribution is 0.633. The number of thioether (sulfide) groups is 1. The second-order valence-electron chi connectivity index (χ2n) is 5.13. The maximum Gasteiger partial charge on any atom is 0.262 e. The minimum atomic E-state index is 0.0378. The number of hydrogen-bond acceptors (Lipinski definition) is 3. The molecule has 0 aliphatic heterocycles. The zero-order valence-corrected chi connectivity index (χ0v) is 13.5. The lowest BCUT2D eigenvalue weighted by Gasteiger charge is -2.15. The van der Waals surface area contributed by atoms with Crippen LogP contribution in [0.4, 0.5) is 0 Å². The van der Waals surface area contributed by atoms with Crippen molar-refractivity contribution in [3.63, 3.8) is 0 Å². The van der Waals surface area contributed by atoms with Gasteiger partial charge in [-0.15, -0.1) is 0 Å². The van der Waals surface area contributed by atoms with Crippen molar-refractivity contribution in [3.05, 3.63) is 70.5 Å². The fraction of sp³-hybridized carbons (Fsp3) is 0.222. The molecule has 0 amide bonds. The van der Waals surface area contributed by atoms with Gasteiger partial charge < -0.3 is 0 Å².